The maximum Gasteiger partial charge on any atom is 0.347 e. The second kappa shape index (κ2) is 8.93. The first kappa shape index (κ1) is 21.7. The average Bonchev–Trinajstić information content (AvgIpc) is 3.15. The van der Waals surface area contributed by atoms with E-state index in [1.54, 1.807) is 0 Å². The lowest BCUT2D eigenvalue weighted by molar-refractivity contribution is 0.311. The van der Waals surface area contributed by atoms with Crippen molar-refractivity contribution in [1.82, 2.24) is 9.97 Å². The Morgan fingerprint density at radius 1 is 1.23 bits per heavy atom. The summed E-state index contributed by atoms with van der Waals surface area (Å²) in [5.74, 6) is -0.158. The predicted molar refractivity (Wildman–Crippen MR) is 123 cm³/mol. The van der Waals surface area contributed by atoms with Gasteiger partial charge >= 0.3 is 7.60 Å². The molecule has 1 aliphatic rings. The number of fused-ring (bicyclic) bond motifs is 1. The zero-order valence-electron chi connectivity index (χ0n) is 16.7. The lowest BCUT2D eigenvalue weighted by atomic mass is 9.87. The van der Waals surface area contributed by atoms with Crippen LogP contribution >= 0.6 is 30.5 Å². The van der Waals surface area contributed by atoms with Gasteiger partial charge in [0.25, 0.3) is 0 Å². The minimum Gasteiger partial charge on any atom is -0.356 e. The standard InChI is InChI=1S/C21H25ClN3O3PS/c1-13-7-8-15(10-17(13)22)18-11-16-20(23-12-24-21(16)30-18)25-19(29(26,27)28)9-14-5-3-2-4-6-14/h7-8,10-12,14,19H,2-6,9H2,1H3,(H,23,24,25)(H2,26,27,28). The van der Waals surface area contributed by atoms with Gasteiger partial charge in [-0.2, -0.15) is 0 Å². The van der Waals surface area contributed by atoms with Crippen molar-refractivity contribution < 1.29 is 14.4 Å². The van der Waals surface area contributed by atoms with E-state index in [4.69, 9.17) is 11.6 Å². The summed E-state index contributed by atoms with van der Waals surface area (Å²) in [6.07, 6.45) is 7.39. The summed E-state index contributed by atoms with van der Waals surface area (Å²) in [6.45, 7) is 1.96. The molecule has 3 aromatic rings. The van der Waals surface area contributed by atoms with Crippen LogP contribution in [-0.2, 0) is 4.57 Å². The Morgan fingerprint density at radius 2 is 2.00 bits per heavy atom. The minimum absolute atomic E-state index is 0.328. The highest BCUT2D eigenvalue weighted by molar-refractivity contribution is 7.52. The molecule has 0 spiro atoms. The Kier molecular flexibility index (Phi) is 6.47. The third-order valence-electron chi connectivity index (χ3n) is 5.78. The number of aryl methyl sites for hydroxylation is 1. The SMILES string of the molecule is Cc1ccc(-c2cc3c(NC(CC4CCCCC4)P(=O)(O)O)ncnc3s2)cc1Cl. The molecular formula is C21H25ClN3O3PS. The van der Waals surface area contributed by atoms with E-state index in [-0.39, 0.29) is 0 Å². The molecule has 1 fully saturated rings. The van der Waals surface area contributed by atoms with Gasteiger partial charge in [0, 0.05) is 9.90 Å². The lowest BCUT2D eigenvalue weighted by Gasteiger charge is -2.28. The number of hydrogen-bond donors (Lipinski definition) is 3. The smallest absolute Gasteiger partial charge is 0.347 e. The van der Waals surface area contributed by atoms with Crippen molar-refractivity contribution in [2.45, 2.75) is 51.2 Å². The Hall–Kier alpha value is -1.50. The van der Waals surface area contributed by atoms with Crippen LogP contribution in [0.25, 0.3) is 20.7 Å². The molecule has 0 bridgehead atoms. The van der Waals surface area contributed by atoms with Gasteiger partial charge in [-0.15, -0.1) is 11.3 Å². The summed E-state index contributed by atoms with van der Waals surface area (Å²) in [5, 5.41) is 4.52. The molecule has 0 radical (unpaired) electrons. The predicted octanol–water partition coefficient (Wildman–Crippen LogP) is 6.21. The normalized spacial score (nSPS) is 16.7. The van der Waals surface area contributed by atoms with Gasteiger partial charge in [0.05, 0.1) is 5.39 Å². The highest BCUT2D eigenvalue weighted by atomic mass is 35.5. The fourth-order valence-corrected chi connectivity index (χ4v) is 6.07. The highest BCUT2D eigenvalue weighted by Gasteiger charge is 2.32. The molecule has 2 aromatic heterocycles. The number of benzene rings is 1. The van der Waals surface area contributed by atoms with Gasteiger partial charge < -0.3 is 15.1 Å². The number of anilines is 1. The number of nitrogens with one attached hydrogen (secondary N) is 1. The second-order valence-corrected chi connectivity index (χ2v) is 11.2. The van der Waals surface area contributed by atoms with Crippen molar-refractivity contribution in [3.05, 3.63) is 41.2 Å². The topological polar surface area (TPSA) is 95.3 Å². The van der Waals surface area contributed by atoms with Gasteiger partial charge in [0.1, 0.15) is 22.8 Å². The molecule has 6 nitrogen and oxygen atoms in total. The summed E-state index contributed by atoms with van der Waals surface area (Å²) in [7, 11) is -4.33. The molecule has 4 rings (SSSR count). The van der Waals surface area contributed by atoms with Crippen molar-refractivity contribution >= 4 is 46.6 Å². The van der Waals surface area contributed by atoms with Gasteiger partial charge in [-0.3, -0.25) is 4.57 Å². The van der Waals surface area contributed by atoms with Crippen LogP contribution < -0.4 is 5.32 Å². The zero-order valence-corrected chi connectivity index (χ0v) is 19.2. The molecule has 3 N–H and O–H groups in total. The Morgan fingerprint density at radius 3 is 2.70 bits per heavy atom. The third kappa shape index (κ3) is 4.87. The van der Waals surface area contributed by atoms with Gasteiger partial charge in [-0.05, 0) is 42.5 Å². The van der Waals surface area contributed by atoms with E-state index in [1.165, 1.54) is 24.1 Å². The second-order valence-electron chi connectivity index (χ2n) is 8.00. The minimum atomic E-state index is -4.33. The number of rotatable bonds is 6. The van der Waals surface area contributed by atoms with E-state index >= 15 is 0 Å². The molecule has 0 aliphatic heterocycles. The lowest BCUT2D eigenvalue weighted by Crippen LogP contribution is -2.25. The number of halogens is 1. The van der Waals surface area contributed by atoms with Crippen molar-refractivity contribution in [1.29, 1.82) is 0 Å². The number of nitrogens with zero attached hydrogens (tertiary/aromatic N) is 2. The molecule has 0 amide bonds. The first-order valence-electron chi connectivity index (χ1n) is 10.1. The largest absolute Gasteiger partial charge is 0.356 e. The summed E-state index contributed by atoms with van der Waals surface area (Å²) in [4.78, 5) is 30.4. The Labute approximate surface area is 184 Å². The molecule has 2 heterocycles. The van der Waals surface area contributed by atoms with Crippen LogP contribution in [0.1, 0.15) is 44.1 Å². The molecule has 9 heteroatoms. The molecule has 160 valence electrons. The van der Waals surface area contributed by atoms with E-state index < -0.39 is 13.4 Å². The number of hydrogen-bond acceptors (Lipinski definition) is 5. The van der Waals surface area contributed by atoms with Gasteiger partial charge in [-0.25, -0.2) is 9.97 Å². The molecular weight excluding hydrogens is 441 g/mol. The fourth-order valence-electron chi connectivity index (χ4n) is 4.04. The van der Waals surface area contributed by atoms with Gasteiger partial charge in [0.2, 0.25) is 0 Å². The van der Waals surface area contributed by atoms with Crippen molar-refractivity contribution in [2.75, 3.05) is 5.32 Å². The van der Waals surface area contributed by atoms with Crippen LogP contribution in [0, 0.1) is 12.8 Å². The van der Waals surface area contributed by atoms with Crippen LogP contribution in [0.15, 0.2) is 30.6 Å². The van der Waals surface area contributed by atoms with Crippen molar-refractivity contribution in [3.8, 4) is 10.4 Å². The Bertz CT molecular complexity index is 1090. The van der Waals surface area contributed by atoms with E-state index in [9.17, 15) is 14.4 Å². The summed E-state index contributed by atoms with van der Waals surface area (Å²) >= 11 is 7.79. The molecule has 1 atom stereocenters. The van der Waals surface area contributed by atoms with Crippen LogP contribution in [0.2, 0.25) is 5.02 Å². The maximum absolute atomic E-state index is 12.2. The molecule has 1 aromatic carbocycles. The van der Waals surface area contributed by atoms with Crippen LogP contribution in [0.4, 0.5) is 5.82 Å². The molecule has 1 aliphatic carbocycles. The van der Waals surface area contributed by atoms with E-state index in [2.05, 4.69) is 15.3 Å². The summed E-state index contributed by atoms with van der Waals surface area (Å²) < 4.78 is 12.2. The quantitative estimate of drug-likeness (QED) is 0.375. The highest BCUT2D eigenvalue weighted by Crippen LogP contribution is 2.47. The van der Waals surface area contributed by atoms with Crippen LogP contribution in [0.3, 0.4) is 0 Å². The van der Waals surface area contributed by atoms with E-state index in [1.807, 2.05) is 31.2 Å². The third-order valence-corrected chi connectivity index (χ3v) is 8.43. The van der Waals surface area contributed by atoms with Gasteiger partial charge in [0.15, 0.2) is 0 Å². The molecule has 1 unspecified atom stereocenters. The first-order chi connectivity index (χ1) is 14.3. The van der Waals surface area contributed by atoms with Gasteiger partial charge in [-0.1, -0.05) is 55.8 Å². The summed E-state index contributed by atoms with van der Waals surface area (Å²) in [6, 6.07) is 7.86. The maximum atomic E-state index is 12.2. The number of thiophene rings is 1. The molecule has 30 heavy (non-hydrogen) atoms. The van der Waals surface area contributed by atoms with E-state index in [0.717, 1.165) is 51.9 Å². The zero-order chi connectivity index (χ0) is 21.3. The van der Waals surface area contributed by atoms with E-state index in [0.29, 0.717) is 23.2 Å². The number of aromatic nitrogens is 2. The van der Waals surface area contributed by atoms with Crippen LogP contribution in [0.5, 0.6) is 0 Å². The average molecular weight is 466 g/mol. The van der Waals surface area contributed by atoms with Crippen molar-refractivity contribution in [3.63, 3.8) is 0 Å². The fraction of sp³-hybridized carbons (Fsp3) is 0.429. The monoisotopic (exact) mass is 465 g/mol. The molecule has 0 saturated heterocycles. The molecule has 1 saturated carbocycles. The Balaban J connectivity index is 1.64. The first-order valence-corrected chi connectivity index (χ1v) is 13.0. The van der Waals surface area contributed by atoms with Crippen LogP contribution in [-0.4, -0.2) is 25.5 Å². The van der Waals surface area contributed by atoms with Crippen molar-refractivity contribution in [2.24, 2.45) is 5.92 Å². The summed E-state index contributed by atoms with van der Waals surface area (Å²) in [5.41, 5.74) is 1.99.